The number of carbonyl (C=O) groups is 1. The SMILES string of the molecule is CC(C)c1nsc(NC(=O)N2CC3CC(N(C)c4c(C#N)cnc5[nH]ccc45)C[C@@H]3C2)n1. The Morgan fingerprint density at radius 3 is 2.78 bits per heavy atom. The maximum atomic E-state index is 12.8. The molecule has 5 rings (SSSR count). The van der Waals surface area contributed by atoms with Crippen LogP contribution >= 0.6 is 11.5 Å². The second-order valence-electron chi connectivity index (χ2n) is 9.08. The van der Waals surface area contributed by atoms with Gasteiger partial charge in [0, 0.05) is 61.4 Å². The van der Waals surface area contributed by atoms with E-state index in [1.807, 2.05) is 31.0 Å². The Morgan fingerprint density at radius 1 is 1.38 bits per heavy atom. The molecular weight excluding hydrogens is 424 g/mol. The zero-order valence-corrected chi connectivity index (χ0v) is 19.2. The number of anilines is 2. The Kier molecular flexibility index (Phi) is 5.21. The molecule has 2 amide bonds. The van der Waals surface area contributed by atoms with E-state index in [2.05, 4.69) is 42.7 Å². The van der Waals surface area contributed by atoms with Crippen LogP contribution in [0, 0.1) is 23.2 Å². The zero-order valence-electron chi connectivity index (χ0n) is 18.4. The fraction of sp³-hybridized carbons (Fsp3) is 0.500. The molecule has 2 aliphatic rings. The summed E-state index contributed by atoms with van der Waals surface area (Å²) >= 11 is 1.23. The first kappa shape index (κ1) is 20.7. The summed E-state index contributed by atoms with van der Waals surface area (Å²) in [6.07, 6.45) is 5.50. The average molecular weight is 451 g/mol. The van der Waals surface area contributed by atoms with Gasteiger partial charge < -0.3 is 14.8 Å². The van der Waals surface area contributed by atoms with E-state index in [-0.39, 0.29) is 11.9 Å². The third-order valence-corrected chi connectivity index (χ3v) is 7.41. The van der Waals surface area contributed by atoms with Gasteiger partial charge in [0.1, 0.15) is 17.5 Å². The summed E-state index contributed by atoms with van der Waals surface area (Å²) in [7, 11) is 2.07. The van der Waals surface area contributed by atoms with E-state index in [0.29, 0.717) is 28.6 Å². The van der Waals surface area contributed by atoms with Gasteiger partial charge >= 0.3 is 6.03 Å². The van der Waals surface area contributed by atoms with Crippen LogP contribution in [0.25, 0.3) is 11.0 Å². The van der Waals surface area contributed by atoms with E-state index in [1.54, 1.807) is 6.20 Å². The molecule has 0 radical (unpaired) electrons. The number of carbonyl (C=O) groups excluding carboxylic acids is 1. The first-order chi connectivity index (χ1) is 15.4. The van der Waals surface area contributed by atoms with Crippen molar-refractivity contribution in [1.82, 2.24) is 24.2 Å². The number of rotatable bonds is 4. The normalized spacial score (nSPS) is 22.3. The molecule has 3 aromatic heterocycles. The summed E-state index contributed by atoms with van der Waals surface area (Å²) in [5, 5.41) is 14.1. The van der Waals surface area contributed by atoms with Gasteiger partial charge in [-0.05, 0) is 30.7 Å². The number of likely N-dealkylation sites (tertiary alicyclic amines) is 1. The second-order valence-corrected chi connectivity index (χ2v) is 9.83. The van der Waals surface area contributed by atoms with Crippen LogP contribution in [0.5, 0.6) is 0 Å². The van der Waals surface area contributed by atoms with Gasteiger partial charge in [-0.15, -0.1) is 0 Å². The Morgan fingerprint density at radius 2 is 2.12 bits per heavy atom. The molecule has 32 heavy (non-hydrogen) atoms. The molecule has 3 aromatic rings. The van der Waals surface area contributed by atoms with Crippen LogP contribution in [0.4, 0.5) is 15.6 Å². The number of urea groups is 1. The van der Waals surface area contributed by atoms with Crippen LogP contribution in [0.2, 0.25) is 0 Å². The summed E-state index contributed by atoms with van der Waals surface area (Å²) in [6.45, 7) is 5.57. The molecule has 4 heterocycles. The van der Waals surface area contributed by atoms with Crippen molar-refractivity contribution < 1.29 is 4.79 Å². The van der Waals surface area contributed by atoms with Crippen molar-refractivity contribution in [3.05, 3.63) is 29.8 Å². The fourth-order valence-corrected chi connectivity index (χ4v) is 5.78. The van der Waals surface area contributed by atoms with E-state index in [0.717, 1.165) is 48.5 Å². The van der Waals surface area contributed by atoms with E-state index in [1.165, 1.54) is 11.5 Å². The van der Waals surface area contributed by atoms with Crippen molar-refractivity contribution >= 4 is 39.4 Å². The van der Waals surface area contributed by atoms with Crippen molar-refractivity contribution in [1.29, 1.82) is 5.26 Å². The van der Waals surface area contributed by atoms with Crippen molar-refractivity contribution in [3.8, 4) is 6.07 Å². The number of amides is 2. The molecular formula is C22H26N8OS. The van der Waals surface area contributed by atoms with Crippen molar-refractivity contribution in [2.45, 2.75) is 38.6 Å². The van der Waals surface area contributed by atoms with Crippen LogP contribution in [-0.2, 0) is 0 Å². The lowest BCUT2D eigenvalue weighted by atomic mass is 10.0. The number of fused-ring (bicyclic) bond motifs is 2. The molecule has 1 aliphatic heterocycles. The van der Waals surface area contributed by atoms with Gasteiger partial charge in [-0.3, -0.25) is 5.32 Å². The largest absolute Gasteiger partial charge is 0.370 e. The van der Waals surface area contributed by atoms with Crippen LogP contribution in [0.3, 0.4) is 0 Å². The van der Waals surface area contributed by atoms with Crippen LogP contribution in [0.1, 0.15) is 44.0 Å². The topological polar surface area (TPSA) is 114 Å². The molecule has 0 aromatic carbocycles. The molecule has 2 N–H and O–H groups in total. The molecule has 2 unspecified atom stereocenters. The lowest BCUT2D eigenvalue weighted by Gasteiger charge is -2.29. The summed E-state index contributed by atoms with van der Waals surface area (Å²) in [5.41, 5.74) is 2.33. The molecule has 9 nitrogen and oxygen atoms in total. The molecule has 0 spiro atoms. The number of H-pyrrole nitrogens is 1. The minimum atomic E-state index is -0.0920. The van der Waals surface area contributed by atoms with E-state index in [9.17, 15) is 10.1 Å². The van der Waals surface area contributed by atoms with Crippen molar-refractivity contribution in [2.75, 3.05) is 30.4 Å². The van der Waals surface area contributed by atoms with Crippen LogP contribution < -0.4 is 10.2 Å². The average Bonchev–Trinajstić information content (AvgIpc) is 3.54. The molecule has 1 saturated heterocycles. The molecule has 166 valence electrons. The van der Waals surface area contributed by atoms with Gasteiger partial charge in [-0.1, -0.05) is 13.8 Å². The highest BCUT2D eigenvalue weighted by atomic mass is 32.1. The Labute approximate surface area is 190 Å². The third kappa shape index (κ3) is 3.56. The van der Waals surface area contributed by atoms with Gasteiger partial charge in [0.25, 0.3) is 0 Å². The molecule has 10 heteroatoms. The van der Waals surface area contributed by atoms with Crippen LogP contribution in [-0.4, -0.2) is 56.4 Å². The van der Waals surface area contributed by atoms with Crippen LogP contribution in [0.15, 0.2) is 18.5 Å². The Balaban J connectivity index is 1.25. The zero-order chi connectivity index (χ0) is 22.4. The number of nitrogens with zero attached hydrogens (tertiary/aromatic N) is 6. The third-order valence-electron chi connectivity index (χ3n) is 6.76. The number of aromatic amines is 1. The quantitative estimate of drug-likeness (QED) is 0.625. The number of hydrogen-bond donors (Lipinski definition) is 2. The highest BCUT2D eigenvalue weighted by Crippen LogP contribution is 2.42. The second kappa shape index (κ2) is 8.06. The maximum Gasteiger partial charge on any atom is 0.323 e. The monoisotopic (exact) mass is 450 g/mol. The fourth-order valence-electron chi connectivity index (χ4n) is 5.08. The maximum absolute atomic E-state index is 12.8. The van der Waals surface area contributed by atoms with Gasteiger partial charge in [-0.25, -0.2) is 14.8 Å². The minimum absolute atomic E-state index is 0.0920. The predicted octanol–water partition coefficient (Wildman–Crippen LogP) is 3.79. The lowest BCUT2D eigenvalue weighted by Crippen LogP contribution is -2.36. The predicted molar refractivity (Wildman–Crippen MR) is 124 cm³/mol. The Bertz CT molecular complexity index is 1180. The first-order valence-corrected chi connectivity index (χ1v) is 11.7. The van der Waals surface area contributed by atoms with E-state index >= 15 is 0 Å². The summed E-state index contributed by atoms with van der Waals surface area (Å²) in [4.78, 5) is 28.8. The molecule has 2 fully saturated rings. The summed E-state index contributed by atoms with van der Waals surface area (Å²) in [5.74, 6) is 1.93. The van der Waals surface area contributed by atoms with Gasteiger partial charge in [0.15, 0.2) is 0 Å². The van der Waals surface area contributed by atoms with Gasteiger partial charge in [0.2, 0.25) is 5.13 Å². The first-order valence-electron chi connectivity index (χ1n) is 10.9. The molecule has 3 atom stereocenters. The number of hydrogen-bond acceptors (Lipinski definition) is 7. The smallest absolute Gasteiger partial charge is 0.323 e. The summed E-state index contributed by atoms with van der Waals surface area (Å²) in [6, 6.07) is 4.52. The van der Waals surface area contributed by atoms with E-state index < -0.39 is 0 Å². The van der Waals surface area contributed by atoms with Crippen molar-refractivity contribution in [3.63, 3.8) is 0 Å². The standard InChI is InChI=1S/C22H26N8OS/c1-12(2)19-26-21(32-28-19)27-22(31)30-10-13-6-16(7-14(13)11-30)29(3)18-15(8-23)9-25-20-17(18)4-5-24-20/h4-5,9,12-14,16H,6-7,10-11H2,1-3H3,(H,24,25)(H,26,27,28,31)/t13-,14?,16?/m1/s1. The highest BCUT2D eigenvalue weighted by Gasteiger charge is 2.44. The summed E-state index contributed by atoms with van der Waals surface area (Å²) < 4.78 is 4.30. The minimum Gasteiger partial charge on any atom is -0.370 e. The highest BCUT2D eigenvalue weighted by molar-refractivity contribution is 7.09. The number of pyridine rings is 1. The number of aromatic nitrogens is 4. The van der Waals surface area contributed by atoms with Crippen molar-refractivity contribution in [2.24, 2.45) is 11.8 Å². The molecule has 1 saturated carbocycles. The lowest BCUT2D eigenvalue weighted by molar-refractivity contribution is 0.218. The number of nitrogens with one attached hydrogen (secondary N) is 2. The Hall–Kier alpha value is -3.19. The van der Waals surface area contributed by atoms with Gasteiger partial charge in [0.05, 0.1) is 11.3 Å². The van der Waals surface area contributed by atoms with E-state index in [4.69, 9.17) is 0 Å². The number of nitriles is 1. The van der Waals surface area contributed by atoms with Gasteiger partial charge in [-0.2, -0.15) is 9.64 Å². The molecule has 0 bridgehead atoms. The molecule has 1 aliphatic carbocycles.